The smallest absolute Gasteiger partial charge is 0.325 e. The quantitative estimate of drug-likeness (QED) is 0.771. The van der Waals surface area contributed by atoms with Crippen LogP contribution in [0.2, 0.25) is 0 Å². The molecule has 0 unspecified atom stereocenters. The number of carbonyl (C=O) groups excluding carboxylic acids is 1. The number of ether oxygens (including phenoxy) is 1. The number of rotatable bonds is 2. The summed E-state index contributed by atoms with van der Waals surface area (Å²) in [5.74, 6) is -1.16. The molecular weight excluding hydrogens is 263 g/mol. The molecule has 18 heavy (non-hydrogen) atoms. The number of esters is 1. The van der Waals surface area contributed by atoms with Crippen LogP contribution in [0.5, 0.6) is 0 Å². The van der Waals surface area contributed by atoms with Gasteiger partial charge in [-0.25, -0.2) is 12.8 Å². The molecule has 0 aromatic heterocycles. The number of halogens is 1. The first-order valence-electron chi connectivity index (χ1n) is 5.05. The van der Waals surface area contributed by atoms with Crippen LogP contribution in [0.4, 0.5) is 10.1 Å². The Morgan fingerprint density at radius 2 is 2.28 bits per heavy atom. The lowest BCUT2D eigenvalue weighted by atomic mass is 10.3. The molecule has 0 atom stereocenters. The molecule has 0 saturated carbocycles. The maximum atomic E-state index is 13.1. The van der Waals surface area contributed by atoms with Gasteiger partial charge in [-0.15, -0.1) is 0 Å². The molecular formula is C10H11FN2O4S. The molecule has 1 heterocycles. The summed E-state index contributed by atoms with van der Waals surface area (Å²) in [6.45, 7) is -0.173. The normalized spacial score (nSPS) is 17.1. The van der Waals surface area contributed by atoms with Crippen LogP contribution in [0.15, 0.2) is 23.1 Å². The summed E-state index contributed by atoms with van der Waals surface area (Å²) in [6.07, 6.45) is 0. The second kappa shape index (κ2) is 4.54. The molecule has 2 rings (SSSR count). The third-order valence-corrected chi connectivity index (χ3v) is 3.96. The topological polar surface area (TPSA) is 75.7 Å². The summed E-state index contributed by atoms with van der Waals surface area (Å²) in [4.78, 5) is 12.5. The summed E-state index contributed by atoms with van der Waals surface area (Å²) in [6, 6.07) is 3.39. The van der Waals surface area contributed by atoms with Crippen LogP contribution in [-0.4, -0.2) is 34.7 Å². The van der Waals surface area contributed by atoms with Gasteiger partial charge in [-0.05, 0) is 18.2 Å². The largest absolute Gasteiger partial charge is 0.468 e. The van der Waals surface area contributed by atoms with Crippen molar-refractivity contribution in [1.29, 1.82) is 0 Å². The number of sulfonamides is 1. The maximum Gasteiger partial charge on any atom is 0.325 e. The molecule has 0 radical (unpaired) electrons. The Bertz CT molecular complexity index is 588. The molecule has 0 bridgehead atoms. The minimum absolute atomic E-state index is 0.0595. The van der Waals surface area contributed by atoms with Gasteiger partial charge in [0, 0.05) is 0 Å². The molecule has 1 aromatic rings. The van der Waals surface area contributed by atoms with Gasteiger partial charge in [0.2, 0.25) is 10.0 Å². The van der Waals surface area contributed by atoms with Gasteiger partial charge in [-0.2, -0.15) is 4.72 Å². The molecule has 1 aliphatic heterocycles. The van der Waals surface area contributed by atoms with E-state index >= 15 is 0 Å². The summed E-state index contributed by atoms with van der Waals surface area (Å²) in [5.41, 5.74) is 0.278. The van der Waals surface area contributed by atoms with E-state index in [2.05, 4.69) is 9.46 Å². The summed E-state index contributed by atoms with van der Waals surface area (Å²) < 4.78 is 43.3. The highest BCUT2D eigenvalue weighted by Crippen LogP contribution is 2.28. The van der Waals surface area contributed by atoms with Crippen LogP contribution in [0.1, 0.15) is 0 Å². The Kier molecular flexibility index (Phi) is 3.22. The highest BCUT2D eigenvalue weighted by molar-refractivity contribution is 7.89. The molecule has 0 saturated heterocycles. The van der Waals surface area contributed by atoms with Gasteiger partial charge in [-0.1, -0.05) is 0 Å². The van der Waals surface area contributed by atoms with E-state index in [1.807, 2.05) is 0 Å². The first-order valence-corrected chi connectivity index (χ1v) is 6.53. The third kappa shape index (κ3) is 2.29. The number of nitrogens with zero attached hydrogens (tertiary/aromatic N) is 1. The van der Waals surface area contributed by atoms with Crippen molar-refractivity contribution in [2.75, 3.05) is 25.2 Å². The first-order chi connectivity index (χ1) is 8.44. The van der Waals surface area contributed by atoms with E-state index in [1.54, 1.807) is 0 Å². The fraction of sp³-hybridized carbons (Fsp3) is 0.300. The van der Waals surface area contributed by atoms with Crippen molar-refractivity contribution in [2.45, 2.75) is 4.90 Å². The number of fused-ring (bicyclic) bond motifs is 1. The van der Waals surface area contributed by atoms with Crippen LogP contribution in [-0.2, 0) is 19.6 Å². The van der Waals surface area contributed by atoms with Crippen molar-refractivity contribution in [2.24, 2.45) is 0 Å². The molecule has 1 N–H and O–H groups in total. The zero-order chi connectivity index (χ0) is 13.3. The van der Waals surface area contributed by atoms with Crippen molar-refractivity contribution in [3.8, 4) is 0 Å². The lowest BCUT2D eigenvalue weighted by Crippen LogP contribution is -2.45. The lowest BCUT2D eigenvalue weighted by Gasteiger charge is -2.30. The number of carbonyl (C=O) groups is 1. The van der Waals surface area contributed by atoms with Crippen molar-refractivity contribution >= 4 is 21.7 Å². The monoisotopic (exact) mass is 274 g/mol. The molecule has 0 aliphatic carbocycles. The van der Waals surface area contributed by atoms with Gasteiger partial charge < -0.3 is 9.64 Å². The number of hydrogen-bond donors (Lipinski definition) is 1. The van der Waals surface area contributed by atoms with E-state index in [0.29, 0.717) is 0 Å². The van der Waals surface area contributed by atoms with Gasteiger partial charge in [-0.3, -0.25) is 4.79 Å². The van der Waals surface area contributed by atoms with Crippen molar-refractivity contribution < 1.29 is 22.3 Å². The highest BCUT2D eigenvalue weighted by Gasteiger charge is 2.29. The highest BCUT2D eigenvalue weighted by atomic mass is 32.2. The third-order valence-electron chi connectivity index (χ3n) is 2.55. The van der Waals surface area contributed by atoms with Gasteiger partial charge >= 0.3 is 5.97 Å². The number of methoxy groups -OCH3 is 1. The number of hydrogen-bond acceptors (Lipinski definition) is 5. The molecule has 6 nitrogen and oxygen atoms in total. The lowest BCUT2D eigenvalue weighted by molar-refractivity contribution is -0.139. The summed E-state index contributed by atoms with van der Waals surface area (Å²) >= 11 is 0. The van der Waals surface area contributed by atoms with Crippen molar-refractivity contribution in [3.05, 3.63) is 24.0 Å². The molecule has 0 amide bonds. The van der Waals surface area contributed by atoms with E-state index in [9.17, 15) is 17.6 Å². The summed E-state index contributed by atoms with van der Waals surface area (Å²) in [7, 11) is -2.49. The zero-order valence-electron chi connectivity index (χ0n) is 9.51. The van der Waals surface area contributed by atoms with E-state index < -0.39 is 21.8 Å². The number of nitrogens with one attached hydrogen (secondary N) is 1. The number of anilines is 1. The average Bonchev–Trinajstić information content (AvgIpc) is 2.33. The van der Waals surface area contributed by atoms with Gasteiger partial charge in [0.1, 0.15) is 17.3 Å². The fourth-order valence-corrected chi connectivity index (χ4v) is 2.87. The Morgan fingerprint density at radius 1 is 1.56 bits per heavy atom. The molecule has 98 valence electrons. The van der Waals surface area contributed by atoms with Crippen molar-refractivity contribution in [1.82, 2.24) is 4.72 Å². The van der Waals surface area contributed by atoms with E-state index in [-0.39, 0.29) is 23.8 Å². The Hall–Kier alpha value is -1.67. The second-order valence-corrected chi connectivity index (χ2v) is 5.43. The van der Waals surface area contributed by atoms with Gasteiger partial charge in [0.05, 0.1) is 19.5 Å². The molecule has 8 heteroatoms. The molecule has 1 aromatic carbocycles. The van der Waals surface area contributed by atoms with Crippen LogP contribution in [0, 0.1) is 5.82 Å². The van der Waals surface area contributed by atoms with E-state index in [4.69, 9.17) is 0 Å². The van der Waals surface area contributed by atoms with Crippen LogP contribution < -0.4 is 9.62 Å². The Balaban J connectivity index is 2.44. The maximum absolute atomic E-state index is 13.1. The SMILES string of the molecule is COC(=O)CN1CNS(=O)(=O)c2cc(F)ccc21. The van der Waals surface area contributed by atoms with Gasteiger partial charge in [0.15, 0.2) is 0 Å². The van der Waals surface area contributed by atoms with Crippen LogP contribution in [0.25, 0.3) is 0 Å². The van der Waals surface area contributed by atoms with Crippen LogP contribution >= 0.6 is 0 Å². The molecule has 0 fully saturated rings. The predicted octanol–water partition coefficient (Wildman–Crippen LogP) is 0.0545. The first kappa shape index (κ1) is 12.8. The summed E-state index contributed by atoms with van der Waals surface area (Å²) in [5, 5.41) is 0. The standard InChI is InChI=1S/C10H11FN2O4S/c1-17-10(14)5-13-6-12-18(15,16)9-4-7(11)2-3-8(9)13/h2-4,12H,5-6H2,1H3. The van der Waals surface area contributed by atoms with Gasteiger partial charge in [0.25, 0.3) is 0 Å². The second-order valence-electron chi connectivity index (χ2n) is 3.69. The fourth-order valence-electron chi connectivity index (χ4n) is 1.65. The minimum atomic E-state index is -3.72. The predicted molar refractivity (Wildman–Crippen MR) is 61.0 cm³/mol. The van der Waals surface area contributed by atoms with E-state index in [1.165, 1.54) is 18.1 Å². The van der Waals surface area contributed by atoms with Crippen molar-refractivity contribution in [3.63, 3.8) is 0 Å². The zero-order valence-corrected chi connectivity index (χ0v) is 10.3. The number of benzene rings is 1. The Labute approximate surface area is 103 Å². The van der Waals surface area contributed by atoms with Crippen LogP contribution in [0.3, 0.4) is 0 Å². The Morgan fingerprint density at radius 3 is 2.94 bits per heavy atom. The molecule has 0 spiro atoms. The minimum Gasteiger partial charge on any atom is -0.468 e. The average molecular weight is 274 g/mol. The van der Waals surface area contributed by atoms with E-state index in [0.717, 1.165) is 12.1 Å². The molecule has 1 aliphatic rings.